The lowest BCUT2D eigenvalue weighted by molar-refractivity contribution is -0.129. The topological polar surface area (TPSA) is 49.4 Å². The van der Waals surface area contributed by atoms with Crippen LogP contribution in [0.5, 0.6) is 0 Å². The second-order valence-corrected chi connectivity index (χ2v) is 5.71. The first-order valence-electron chi connectivity index (χ1n) is 7.10. The number of aryl methyl sites for hydroxylation is 1. The summed E-state index contributed by atoms with van der Waals surface area (Å²) in [6.45, 7) is 6.61. The molecule has 1 fully saturated rings. The molecular formula is C16H22N2O2. The van der Waals surface area contributed by atoms with Crippen molar-refractivity contribution in [2.75, 3.05) is 6.54 Å². The van der Waals surface area contributed by atoms with E-state index in [4.69, 9.17) is 0 Å². The van der Waals surface area contributed by atoms with E-state index in [0.29, 0.717) is 19.4 Å². The maximum atomic E-state index is 12.1. The number of likely N-dealkylation sites (tertiary alicyclic amines) is 1. The minimum atomic E-state index is -0.0542. The summed E-state index contributed by atoms with van der Waals surface area (Å²) < 4.78 is 0. The quantitative estimate of drug-likeness (QED) is 0.908. The maximum Gasteiger partial charge on any atom is 0.225 e. The molecule has 1 unspecified atom stereocenters. The molecular weight excluding hydrogens is 252 g/mol. The van der Waals surface area contributed by atoms with Crippen LogP contribution >= 0.6 is 0 Å². The third-order valence-corrected chi connectivity index (χ3v) is 3.76. The summed E-state index contributed by atoms with van der Waals surface area (Å²) in [4.78, 5) is 25.7. The molecule has 0 aliphatic carbocycles. The van der Waals surface area contributed by atoms with Gasteiger partial charge in [-0.05, 0) is 31.9 Å². The van der Waals surface area contributed by atoms with Crippen LogP contribution in [0.1, 0.15) is 31.4 Å². The van der Waals surface area contributed by atoms with Gasteiger partial charge in [-0.1, -0.05) is 24.3 Å². The molecule has 1 atom stereocenters. The van der Waals surface area contributed by atoms with E-state index in [1.807, 2.05) is 49.9 Å². The van der Waals surface area contributed by atoms with Gasteiger partial charge in [0.15, 0.2) is 0 Å². The van der Waals surface area contributed by atoms with Gasteiger partial charge in [0.1, 0.15) is 0 Å². The number of benzene rings is 1. The van der Waals surface area contributed by atoms with Crippen molar-refractivity contribution in [1.82, 2.24) is 10.2 Å². The van der Waals surface area contributed by atoms with Gasteiger partial charge in [-0.15, -0.1) is 0 Å². The van der Waals surface area contributed by atoms with E-state index in [1.54, 1.807) is 0 Å². The Morgan fingerprint density at radius 2 is 2.10 bits per heavy atom. The molecule has 20 heavy (non-hydrogen) atoms. The van der Waals surface area contributed by atoms with Crippen LogP contribution < -0.4 is 5.32 Å². The number of carbonyl (C=O) groups excluding carboxylic acids is 2. The Morgan fingerprint density at radius 1 is 1.40 bits per heavy atom. The lowest BCUT2D eigenvalue weighted by atomic mass is 10.1. The number of hydrogen-bond donors (Lipinski definition) is 1. The van der Waals surface area contributed by atoms with Gasteiger partial charge < -0.3 is 10.2 Å². The lowest BCUT2D eigenvalue weighted by Gasteiger charge is -2.21. The van der Waals surface area contributed by atoms with E-state index in [2.05, 4.69) is 5.32 Å². The van der Waals surface area contributed by atoms with Crippen LogP contribution in [0.15, 0.2) is 24.3 Å². The molecule has 1 saturated heterocycles. The number of rotatable bonds is 4. The van der Waals surface area contributed by atoms with Crippen molar-refractivity contribution < 1.29 is 9.59 Å². The third-order valence-electron chi connectivity index (χ3n) is 3.76. The third kappa shape index (κ3) is 3.38. The van der Waals surface area contributed by atoms with Crippen LogP contribution in [0.4, 0.5) is 0 Å². The zero-order chi connectivity index (χ0) is 14.7. The van der Waals surface area contributed by atoms with Crippen molar-refractivity contribution in [2.24, 2.45) is 0 Å². The van der Waals surface area contributed by atoms with Gasteiger partial charge in [-0.25, -0.2) is 0 Å². The summed E-state index contributed by atoms with van der Waals surface area (Å²) in [5.41, 5.74) is 2.16. The van der Waals surface area contributed by atoms with Gasteiger partial charge >= 0.3 is 0 Å². The van der Waals surface area contributed by atoms with Crippen molar-refractivity contribution >= 4 is 11.8 Å². The number of nitrogens with one attached hydrogen (secondary N) is 1. The van der Waals surface area contributed by atoms with E-state index in [9.17, 15) is 9.59 Å². The van der Waals surface area contributed by atoms with Crippen molar-refractivity contribution in [1.29, 1.82) is 0 Å². The highest BCUT2D eigenvalue weighted by Crippen LogP contribution is 2.15. The average molecular weight is 274 g/mol. The van der Waals surface area contributed by atoms with Gasteiger partial charge in [0.25, 0.3) is 0 Å². The first-order chi connectivity index (χ1) is 9.47. The maximum absolute atomic E-state index is 12.1. The summed E-state index contributed by atoms with van der Waals surface area (Å²) in [5.74, 6) is 0.115. The molecule has 4 heteroatoms. The van der Waals surface area contributed by atoms with Gasteiger partial charge in [0.2, 0.25) is 11.8 Å². The molecule has 1 heterocycles. The zero-order valence-corrected chi connectivity index (χ0v) is 12.3. The molecule has 1 aromatic rings. The van der Waals surface area contributed by atoms with E-state index in [-0.39, 0.29) is 23.9 Å². The molecule has 0 radical (unpaired) electrons. The summed E-state index contributed by atoms with van der Waals surface area (Å²) in [5, 5.41) is 2.97. The Hall–Kier alpha value is -1.84. The molecule has 1 aliphatic rings. The fraction of sp³-hybridized carbons (Fsp3) is 0.500. The first kappa shape index (κ1) is 14.6. The lowest BCUT2D eigenvalue weighted by Crippen LogP contribution is -2.39. The minimum Gasteiger partial charge on any atom is -0.351 e. The van der Waals surface area contributed by atoms with Crippen molar-refractivity contribution in [2.45, 2.75) is 45.7 Å². The average Bonchev–Trinajstić information content (AvgIpc) is 2.73. The van der Waals surface area contributed by atoms with Crippen molar-refractivity contribution in [3.8, 4) is 0 Å². The Kier molecular flexibility index (Phi) is 4.42. The predicted molar refractivity (Wildman–Crippen MR) is 78.3 cm³/mol. The van der Waals surface area contributed by atoms with Crippen LogP contribution in [0.25, 0.3) is 0 Å². The van der Waals surface area contributed by atoms with Gasteiger partial charge in [0.05, 0.1) is 12.5 Å². The Balaban J connectivity index is 1.90. The second kappa shape index (κ2) is 6.07. The van der Waals surface area contributed by atoms with Crippen LogP contribution in [0.2, 0.25) is 0 Å². The molecule has 1 aromatic carbocycles. The molecule has 0 bridgehead atoms. The molecule has 0 aromatic heterocycles. The SMILES string of the molecule is Cc1ccccc1CC(=O)NC1CC(=O)N(C(C)C)C1. The number of amides is 2. The Bertz CT molecular complexity index is 511. The van der Waals surface area contributed by atoms with Crippen LogP contribution in [-0.2, 0) is 16.0 Å². The van der Waals surface area contributed by atoms with Gasteiger partial charge in [-0.2, -0.15) is 0 Å². The number of carbonyl (C=O) groups is 2. The molecule has 4 nitrogen and oxygen atoms in total. The fourth-order valence-electron chi connectivity index (χ4n) is 2.59. The smallest absolute Gasteiger partial charge is 0.225 e. The number of nitrogens with zero attached hydrogens (tertiary/aromatic N) is 1. The zero-order valence-electron chi connectivity index (χ0n) is 12.3. The molecule has 108 valence electrons. The predicted octanol–water partition coefficient (Wildman–Crippen LogP) is 1.66. The first-order valence-corrected chi connectivity index (χ1v) is 7.10. The highest BCUT2D eigenvalue weighted by molar-refractivity contribution is 5.83. The molecule has 0 spiro atoms. The highest BCUT2D eigenvalue weighted by Gasteiger charge is 2.31. The highest BCUT2D eigenvalue weighted by atomic mass is 16.2. The number of hydrogen-bond acceptors (Lipinski definition) is 2. The van der Waals surface area contributed by atoms with E-state index >= 15 is 0 Å². The summed E-state index contributed by atoms with van der Waals surface area (Å²) in [7, 11) is 0. The summed E-state index contributed by atoms with van der Waals surface area (Å²) in [6.07, 6.45) is 0.788. The van der Waals surface area contributed by atoms with Crippen molar-refractivity contribution in [3.05, 3.63) is 35.4 Å². The molecule has 0 saturated carbocycles. The van der Waals surface area contributed by atoms with E-state index in [0.717, 1.165) is 11.1 Å². The standard InChI is InChI=1S/C16H22N2O2/c1-11(2)18-10-14(9-16(18)20)17-15(19)8-13-7-5-4-6-12(13)3/h4-7,11,14H,8-10H2,1-3H3,(H,17,19). The molecule has 2 rings (SSSR count). The molecule has 2 amide bonds. The second-order valence-electron chi connectivity index (χ2n) is 5.71. The van der Waals surface area contributed by atoms with Crippen molar-refractivity contribution in [3.63, 3.8) is 0 Å². The summed E-state index contributed by atoms with van der Waals surface area (Å²) in [6, 6.07) is 8.02. The fourth-order valence-corrected chi connectivity index (χ4v) is 2.59. The minimum absolute atomic E-state index is 0.0114. The van der Waals surface area contributed by atoms with Crippen LogP contribution in [-0.4, -0.2) is 35.3 Å². The largest absolute Gasteiger partial charge is 0.351 e. The van der Waals surface area contributed by atoms with Crippen LogP contribution in [0, 0.1) is 6.92 Å². The monoisotopic (exact) mass is 274 g/mol. The molecule has 1 aliphatic heterocycles. The van der Waals surface area contributed by atoms with E-state index in [1.165, 1.54) is 0 Å². The van der Waals surface area contributed by atoms with Crippen LogP contribution in [0.3, 0.4) is 0 Å². The summed E-state index contributed by atoms with van der Waals surface area (Å²) >= 11 is 0. The normalized spacial score (nSPS) is 18.7. The molecule has 1 N–H and O–H groups in total. The van der Waals surface area contributed by atoms with Gasteiger partial charge in [0, 0.05) is 19.0 Å². The van der Waals surface area contributed by atoms with E-state index < -0.39 is 0 Å². The Morgan fingerprint density at radius 3 is 2.70 bits per heavy atom. The Labute approximate surface area is 120 Å². The van der Waals surface area contributed by atoms with Gasteiger partial charge in [-0.3, -0.25) is 9.59 Å².